The summed E-state index contributed by atoms with van der Waals surface area (Å²) in [6, 6.07) is 0. The van der Waals surface area contributed by atoms with Crippen LogP contribution in [-0.4, -0.2) is 55.8 Å². The van der Waals surface area contributed by atoms with Gasteiger partial charge in [-0.25, -0.2) is 0 Å². The van der Waals surface area contributed by atoms with Crippen LogP contribution >= 0.6 is 0 Å². The van der Waals surface area contributed by atoms with Crippen molar-refractivity contribution in [2.45, 2.75) is 6.92 Å². The second-order valence-corrected chi connectivity index (χ2v) is 4.23. The first-order valence-electron chi connectivity index (χ1n) is 5.36. The molecule has 0 unspecified atom stereocenters. The van der Waals surface area contributed by atoms with E-state index in [-0.39, 0.29) is 0 Å². The molecular formula is C12H21N3. The summed E-state index contributed by atoms with van der Waals surface area (Å²) in [5.74, 6) is 0. The second-order valence-electron chi connectivity index (χ2n) is 4.23. The quantitative estimate of drug-likeness (QED) is 0.649. The zero-order chi connectivity index (χ0) is 11.3. The summed E-state index contributed by atoms with van der Waals surface area (Å²) in [6.45, 7) is 15.1. The molecule has 15 heavy (non-hydrogen) atoms. The molecule has 1 rings (SSSR count). The van der Waals surface area contributed by atoms with Crippen LogP contribution < -0.4 is 0 Å². The van der Waals surface area contributed by atoms with Crippen molar-refractivity contribution < 1.29 is 0 Å². The van der Waals surface area contributed by atoms with Crippen molar-refractivity contribution in [3.05, 3.63) is 24.4 Å². The first-order valence-corrected chi connectivity index (χ1v) is 5.36. The average Bonchev–Trinajstić information content (AvgIpc) is 2.19. The molecule has 1 fully saturated rings. The van der Waals surface area contributed by atoms with Gasteiger partial charge in [-0.05, 0) is 19.5 Å². The van der Waals surface area contributed by atoms with E-state index >= 15 is 0 Å². The molecule has 0 saturated carbocycles. The number of rotatable bonds is 4. The Bertz CT molecular complexity index is 260. The van der Waals surface area contributed by atoms with E-state index in [1.54, 1.807) is 0 Å². The van der Waals surface area contributed by atoms with Crippen LogP contribution in [0.2, 0.25) is 0 Å². The monoisotopic (exact) mass is 207 g/mol. The van der Waals surface area contributed by atoms with E-state index in [9.17, 15) is 0 Å². The molecule has 1 aliphatic heterocycles. The molecule has 1 saturated heterocycles. The van der Waals surface area contributed by atoms with E-state index in [1.165, 1.54) is 0 Å². The Morgan fingerprint density at radius 1 is 1.27 bits per heavy atom. The predicted octanol–water partition coefficient (Wildman–Crippen LogP) is 1.39. The Labute approximate surface area is 92.8 Å². The molecule has 0 aromatic carbocycles. The molecule has 0 atom stereocenters. The summed E-state index contributed by atoms with van der Waals surface area (Å²) >= 11 is 0. The van der Waals surface area contributed by atoms with Crippen molar-refractivity contribution in [1.82, 2.24) is 9.80 Å². The van der Waals surface area contributed by atoms with Crippen molar-refractivity contribution in [2.24, 2.45) is 4.99 Å². The summed E-state index contributed by atoms with van der Waals surface area (Å²) in [5, 5.41) is 0. The fourth-order valence-corrected chi connectivity index (χ4v) is 1.54. The lowest BCUT2D eigenvalue weighted by atomic mass is 10.2. The summed E-state index contributed by atoms with van der Waals surface area (Å²) < 4.78 is 0. The van der Waals surface area contributed by atoms with Crippen LogP contribution in [0.1, 0.15) is 6.92 Å². The van der Waals surface area contributed by atoms with Gasteiger partial charge in [0.1, 0.15) is 0 Å². The molecular weight excluding hydrogens is 186 g/mol. The summed E-state index contributed by atoms with van der Waals surface area (Å²) in [6.07, 6.45) is 1.82. The predicted molar refractivity (Wildman–Crippen MR) is 66.4 cm³/mol. The van der Waals surface area contributed by atoms with Gasteiger partial charge in [0, 0.05) is 44.6 Å². The topological polar surface area (TPSA) is 18.8 Å². The maximum atomic E-state index is 4.15. The van der Waals surface area contributed by atoms with E-state index < -0.39 is 0 Å². The normalized spacial score (nSPS) is 19.6. The molecule has 3 heteroatoms. The smallest absolute Gasteiger partial charge is 0.0309 e. The van der Waals surface area contributed by atoms with Crippen LogP contribution in [0.15, 0.2) is 29.4 Å². The van der Waals surface area contributed by atoms with Crippen molar-refractivity contribution in [2.75, 3.05) is 39.8 Å². The summed E-state index contributed by atoms with van der Waals surface area (Å²) in [4.78, 5) is 8.91. The van der Waals surface area contributed by atoms with E-state index in [0.29, 0.717) is 0 Å². The lowest BCUT2D eigenvalue weighted by molar-refractivity contribution is 0.165. The molecule has 0 N–H and O–H groups in total. The van der Waals surface area contributed by atoms with E-state index in [2.05, 4.69) is 35.0 Å². The van der Waals surface area contributed by atoms with Crippen LogP contribution in [0.5, 0.6) is 0 Å². The van der Waals surface area contributed by atoms with Crippen molar-refractivity contribution >= 4 is 6.21 Å². The molecule has 0 bridgehead atoms. The molecule has 0 amide bonds. The maximum Gasteiger partial charge on any atom is 0.0309 e. The Kier molecular flexibility index (Phi) is 4.72. The van der Waals surface area contributed by atoms with Gasteiger partial charge in [0.05, 0.1) is 0 Å². The third kappa shape index (κ3) is 4.91. The number of nitrogens with zero attached hydrogens (tertiary/aromatic N) is 3. The van der Waals surface area contributed by atoms with Crippen LogP contribution in [-0.2, 0) is 0 Å². The summed E-state index contributed by atoms with van der Waals surface area (Å²) in [5.41, 5.74) is 1.89. The highest BCUT2D eigenvalue weighted by Crippen LogP contribution is 2.02. The Hall–Kier alpha value is -0.930. The largest absolute Gasteiger partial charge is 0.304 e. The molecule has 0 aromatic heterocycles. The van der Waals surface area contributed by atoms with Gasteiger partial charge in [-0.2, -0.15) is 0 Å². The molecule has 0 aromatic rings. The number of piperazine rings is 1. The standard InChI is InChI=1S/C12H21N3/c1-11(2)13-9-12(3)10-15-7-5-14(4)6-8-15/h9H,1,3,5-8,10H2,2,4H3. The van der Waals surface area contributed by atoms with Gasteiger partial charge in [-0.3, -0.25) is 9.89 Å². The van der Waals surface area contributed by atoms with Gasteiger partial charge in [0.15, 0.2) is 0 Å². The number of hydrogen-bond acceptors (Lipinski definition) is 3. The lowest BCUT2D eigenvalue weighted by Gasteiger charge is -2.32. The number of aliphatic imine (C=N–C) groups is 1. The average molecular weight is 207 g/mol. The van der Waals surface area contributed by atoms with Crippen molar-refractivity contribution in [1.29, 1.82) is 0 Å². The highest BCUT2D eigenvalue weighted by Gasteiger charge is 2.13. The van der Waals surface area contributed by atoms with Crippen molar-refractivity contribution in [3.63, 3.8) is 0 Å². The van der Waals surface area contributed by atoms with Gasteiger partial charge in [0.25, 0.3) is 0 Å². The third-order valence-electron chi connectivity index (χ3n) is 2.49. The molecule has 0 aliphatic carbocycles. The first-order chi connectivity index (χ1) is 7.08. The van der Waals surface area contributed by atoms with E-state index in [0.717, 1.165) is 44.0 Å². The molecule has 3 nitrogen and oxygen atoms in total. The minimum Gasteiger partial charge on any atom is -0.304 e. The van der Waals surface area contributed by atoms with Crippen LogP contribution in [0.4, 0.5) is 0 Å². The Morgan fingerprint density at radius 3 is 2.40 bits per heavy atom. The molecule has 0 radical (unpaired) electrons. The zero-order valence-electron chi connectivity index (χ0n) is 9.87. The molecule has 1 aliphatic rings. The number of hydrogen-bond donors (Lipinski definition) is 0. The maximum absolute atomic E-state index is 4.15. The lowest BCUT2D eigenvalue weighted by Crippen LogP contribution is -2.45. The zero-order valence-corrected chi connectivity index (χ0v) is 9.87. The number of allylic oxidation sites excluding steroid dienone is 1. The SMILES string of the molecule is C=C(C=NC(=C)C)CN1CCN(C)CC1. The fourth-order valence-electron chi connectivity index (χ4n) is 1.54. The van der Waals surface area contributed by atoms with Gasteiger partial charge in [-0.1, -0.05) is 13.2 Å². The Morgan fingerprint density at radius 2 is 1.87 bits per heavy atom. The van der Waals surface area contributed by atoms with Crippen LogP contribution in [0.3, 0.4) is 0 Å². The second kappa shape index (κ2) is 5.83. The van der Waals surface area contributed by atoms with Gasteiger partial charge in [-0.15, -0.1) is 0 Å². The van der Waals surface area contributed by atoms with Gasteiger partial charge < -0.3 is 4.90 Å². The summed E-state index contributed by atoms with van der Waals surface area (Å²) in [7, 11) is 2.16. The van der Waals surface area contributed by atoms with E-state index in [1.807, 2.05) is 13.1 Å². The fraction of sp³-hybridized carbons (Fsp3) is 0.583. The van der Waals surface area contributed by atoms with Gasteiger partial charge in [0.2, 0.25) is 0 Å². The third-order valence-corrected chi connectivity index (χ3v) is 2.49. The molecule has 84 valence electrons. The minimum atomic E-state index is 0.828. The highest BCUT2D eigenvalue weighted by atomic mass is 15.2. The first kappa shape index (κ1) is 12.1. The molecule has 0 spiro atoms. The van der Waals surface area contributed by atoms with Gasteiger partial charge >= 0.3 is 0 Å². The molecule has 1 heterocycles. The highest BCUT2D eigenvalue weighted by molar-refractivity contribution is 5.78. The Balaban J connectivity index is 2.29. The van der Waals surface area contributed by atoms with Crippen LogP contribution in [0.25, 0.3) is 0 Å². The minimum absolute atomic E-state index is 0.828. The van der Waals surface area contributed by atoms with E-state index in [4.69, 9.17) is 0 Å². The van der Waals surface area contributed by atoms with Crippen molar-refractivity contribution in [3.8, 4) is 0 Å². The number of likely N-dealkylation sites (N-methyl/N-ethyl adjacent to an activating group) is 1. The van der Waals surface area contributed by atoms with Crippen LogP contribution in [0, 0.1) is 0 Å².